The fraction of sp³-hybridized carbons (Fsp3) is 0.692. The summed E-state index contributed by atoms with van der Waals surface area (Å²) in [6.45, 7) is 3.13. The second kappa shape index (κ2) is 5.77. The third-order valence-electron chi connectivity index (χ3n) is 3.70. The minimum absolute atomic E-state index is 0.270. The molecule has 0 amide bonds. The van der Waals surface area contributed by atoms with Gasteiger partial charge in [0.1, 0.15) is 18.3 Å². The third-order valence-corrected chi connectivity index (χ3v) is 4.26. The molecule has 3 rings (SSSR count). The van der Waals surface area contributed by atoms with Crippen LogP contribution < -0.4 is 11.2 Å². The van der Waals surface area contributed by atoms with Crippen molar-refractivity contribution in [1.82, 2.24) is 9.55 Å². The zero-order chi connectivity index (χ0) is 17.7. The number of hydrogen-bond acceptors (Lipinski definition) is 8. The van der Waals surface area contributed by atoms with E-state index >= 15 is 0 Å². The van der Waals surface area contributed by atoms with Crippen LogP contribution in [0.3, 0.4) is 0 Å². The molecule has 2 aliphatic heterocycles. The van der Waals surface area contributed by atoms with Crippen LogP contribution >= 0.6 is 0 Å². The van der Waals surface area contributed by atoms with Gasteiger partial charge in [0, 0.05) is 12.3 Å². The molecule has 0 bridgehead atoms. The molecule has 1 aromatic rings. The molecule has 1 N–H and O–H groups in total. The van der Waals surface area contributed by atoms with Crippen LogP contribution in [0.25, 0.3) is 0 Å². The standard InChI is InChI=1S/C13H18N2O8S/c1-13(2)22-9-7(6-20-24(3,18)19)21-11(10(9)23-13)15-5-4-8(16)14-12(15)17/h4-5,7,9-11H,6H2,1-3H3,(H,14,16,17)/t7-,9+,10+,11-/m0/s1. The summed E-state index contributed by atoms with van der Waals surface area (Å²) in [6.07, 6.45) is -0.691. The average molecular weight is 362 g/mol. The normalized spacial score (nSPS) is 32.0. The Labute approximate surface area is 137 Å². The van der Waals surface area contributed by atoms with E-state index in [4.69, 9.17) is 18.4 Å². The quantitative estimate of drug-likeness (QED) is 0.671. The van der Waals surface area contributed by atoms with Gasteiger partial charge >= 0.3 is 5.69 Å². The molecule has 0 aromatic carbocycles. The molecule has 0 unspecified atom stereocenters. The molecule has 2 fully saturated rings. The highest BCUT2D eigenvalue weighted by molar-refractivity contribution is 7.85. The lowest BCUT2D eigenvalue weighted by Gasteiger charge is -2.24. The van der Waals surface area contributed by atoms with Crippen LogP contribution in [0, 0.1) is 0 Å². The Morgan fingerprint density at radius 2 is 1.96 bits per heavy atom. The topological polar surface area (TPSA) is 126 Å². The van der Waals surface area contributed by atoms with Crippen molar-refractivity contribution in [2.24, 2.45) is 0 Å². The van der Waals surface area contributed by atoms with Gasteiger partial charge in [-0.3, -0.25) is 18.5 Å². The number of hydrogen-bond donors (Lipinski definition) is 1. The van der Waals surface area contributed by atoms with E-state index in [0.29, 0.717) is 0 Å². The monoisotopic (exact) mass is 362 g/mol. The van der Waals surface area contributed by atoms with E-state index in [0.717, 1.165) is 6.26 Å². The fourth-order valence-electron chi connectivity index (χ4n) is 2.84. The summed E-state index contributed by atoms with van der Waals surface area (Å²) >= 11 is 0. The summed E-state index contributed by atoms with van der Waals surface area (Å²) in [5.41, 5.74) is -1.20. The highest BCUT2D eigenvalue weighted by Gasteiger charge is 2.56. The van der Waals surface area contributed by atoms with Gasteiger partial charge in [-0.25, -0.2) is 4.79 Å². The van der Waals surface area contributed by atoms with Gasteiger partial charge in [-0.15, -0.1) is 0 Å². The zero-order valence-electron chi connectivity index (χ0n) is 13.3. The lowest BCUT2D eigenvalue weighted by molar-refractivity contribution is -0.199. The average Bonchev–Trinajstić information content (AvgIpc) is 2.90. The predicted octanol–water partition coefficient (Wildman–Crippen LogP) is -1.07. The first-order chi connectivity index (χ1) is 11.1. The molecule has 0 aliphatic carbocycles. The van der Waals surface area contributed by atoms with Crippen LogP contribution in [0.15, 0.2) is 21.9 Å². The molecule has 3 heterocycles. The van der Waals surface area contributed by atoms with E-state index < -0.39 is 51.7 Å². The Morgan fingerprint density at radius 1 is 1.29 bits per heavy atom. The Bertz CT molecular complexity index is 842. The van der Waals surface area contributed by atoms with E-state index in [1.807, 2.05) is 0 Å². The minimum atomic E-state index is -3.66. The Kier molecular flexibility index (Phi) is 4.16. The number of ether oxygens (including phenoxy) is 3. The van der Waals surface area contributed by atoms with Gasteiger partial charge < -0.3 is 14.2 Å². The number of aromatic amines is 1. The van der Waals surface area contributed by atoms with Crippen LogP contribution in [0.4, 0.5) is 0 Å². The molecule has 134 valence electrons. The molecule has 2 saturated heterocycles. The molecule has 24 heavy (non-hydrogen) atoms. The van der Waals surface area contributed by atoms with Gasteiger partial charge in [-0.1, -0.05) is 0 Å². The van der Waals surface area contributed by atoms with Gasteiger partial charge in [0.25, 0.3) is 15.7 Å². The second-order valence-corrected chi connectivity index (χ2v) is 7.78. The van der Waals surface area contributed by atoms with Crippen molar-refractivity contribution < 1.29 is 26.8 Å². The van der Waals surface area contributed by atoms with E-state index in [-0.39, 0.29) is 6.61 Å². The Morgan fingerprint density at radius 3 is 2.58 bits per heavy atom. The first-order valence-electron chi connectivity index (χ1n) is 7.23. The maximum atomic E-state index is 12.0. The van der Waals surface area contributed by atoms with Gasteiger partial charge in [0.05, 0.1) is 12.9 Å². The number of nitrogens with one attached hydrogen (secondary N) is 1. The highest BCUT2D eigenvalue weighted by atomic mass is 32.2. The van der Waals surface area contributed by atoms with Crippen molar-refractivity contribution in [3.8, 4) is 0 Å². The number of nitrogens with zero attached hydrogens (tertiary/aromatic N) is 1. The molecule has 2 aliphatic rings. The van der Waals surface area contributed by atoms with Crippen LogP contribution in [0.5, 0.6) is 0 Å². The van der Waals surface area contributed by atoms with Crippen molar-refractivity contribution >= 4 is 10.1 Å². The Balaban J connectivity index is 1.90. The summed E-state index contributed by atoms with van der Waals surface area (Å²) < 4.78 is 45.6. The van der Waals surface area contributed by atoms with Crippen molar-refractivity contribution in [3.63, 3.8) is 0 Å². The van der Waals surface area contributed by atoms with Gasteiger partial charge in [-0.05, 0) is 13.8 Å². The molecule has 10 nitrogen and oxygen atoms in total. The number of rotatable bonds is 4. The molecule has 1 aromatic heterocycles. The van der Waals surface area contributed by atoms with Crippen molar-refractivity contribution in [1.29, 1.82) is 0 Å². The predicted molar refractivity (Wildman–Crippen MR) is 79.9 cm³/mol. The maximum absolute atomic E-state index is 12.0. The van der Waals surface area contributed by atoms with Crippen LogP contribution in [0.2, 0.25) is 0 Å². The number of aromatic nitrogens is 2. The fourth-order valence-corrected chi connectivity index (χ4v) is 3.22. The molecule has 11 heteroatoms. The van der Waals surface area contributed by atoms with E-state index in [2.05, 4.69) is 4.98 Å². The third kappa shape index (κ3) is 3.44. The summed E-state index contributed by atoms with van der Waals surface area (Å²) in [5.74, 6) is -0.924. The largest absolute Gasteiger partial charge is 0.346 e. The van der Waals surface area contributed by atoms with Gasteiger partial charge in [0.15, 0.2) is 12.0 Å². The smallest absolute Gasteiger partial charge is 0.330 e. The lowest BCUT2D eigenvalue weighted by atomic mass is 10.1. The zero-order valence-corrected chi connectivity index (χ0v) is 14.1. The highest BCUT2D eigenvalue weighted by Crippen LogP contribution is 2.42. The van der Waals surface area contributed by atoms with Crippen molar-refractivity contribution in [2.45, 2.75) is 44.2 Å². The lowest BCUT2D eigenvalue weighted by Crippen LogP contribution is -2.37. The van der Waals surface area contributed by atoms with E-state index in [1.54, 1.807) is 13.8 Å². The molecule has 4 atom stereocenters. The van der Waals surface area contributed by atoms with Gasteiger partial charge in [-0.2, -0.15) is 8.42 Å². The van der Waals surface area contributed by atoms with Crippen LogP contribution in [0.1, 0.15) is 20.1 Å². The molecule has 0 saturated carbocycles. The number of H-pyrrole nitrogens is 1. The summed E-state index contributed by atoms with van der Waals surface area (Å²) in [5, 5.41) is 0. The summed E-state index contributed by atoms with van der Waals surface area (Å²) in [4.78, 5) is 25.4. The summed E-state index contributed by atoms with van der Waals surface area (Å²) in [7, 11) is -3.66. The first kappa shape index (κ1) is 17.3. The summed E-state index contributed by atoms with van der Waals surface area (Å²) in [6, 6.07) is 1.18. The molecular weight excluding hydrogens is 344 g/mol. The van der Waals surface area contributed by atoms with Crippen LogP contribution in [-0.4, -0.2) is 54.9 Å². The molecular formula is C13H18N2O8S. The first-order valence-corrected chi connectivity index (χ1v) is 9.04. The number of fused-ring (bicyclic) bond motifs is 1. The van der Waals surface area contributed by atoms with Crippen molar-refractivity contribution in [3.05, 3.63) is 33.1 Å². The maximum Gasteiger partial charge on any atom is 0.330 e. The van der Waals surface area contributed by atoms with Crippen molar-refractivity contribution in [2.75, 3.05) is 12.9 Å². The SMILES string of the molecule is CC1(C)O[C@@H]2[C@H](O1)[C@H](COS(C)(=O)=O)O[C@@H]2n1ccc(=O)[nH]c1=O. The second-order valence-electron chi connectivity index (χ2n) is 6.14. The Hall–Kier alpha value is -1.53. The molecule has 0 radical (unpaired) electrons. The molecule has 0 spiro atoms. The van der Waals surface area contributed by atoms with E-state index in [1.165, 1.54) is 16.8 Å². The van der Waals surface area contributed by atoms with Gasteiger partial charge in [0.2, 0.25) is 0 Å². The minimum Gasteiger partial charge on any atom is -0.346 e. The van der Waals surface area contributed by atoms with E-state index in [9.17, 15) is 18.0 Å². The van der Waals surface area contributed by atoms with Crippen LogP contribution in [-0.2, 0) is 28.5 Å².